The minimum absolute atomic E-state index is 0. The van der Waals surface area contributed by atoms with E-state index in [0.717, 1.165) is 6.08 Å². The van der Waals surface area contributed by atoms with Gasteiger partial charge in [0.05, 0.1) is 6.61 Å². The van der Waals surface area contributed by atoms with Gasteiger partial charge in [-0.3, -0.25) is 0 Å². The number of carbonyl (C=O) groups excluding carboxylic acids is 1. The summed E-state index contributed by atoms with van der Waals surface area (Å²) in [5, 5.41) is 8.10. The number of ether oxygens (including phenoxy) is 1. The first-order valence-corrected chi connectivity index (χ1v) is 2.21. The van der Waals surface area contributed by atoms with Crippen LogP contribution in [0.3, 0.4) is 0 Å². The highest BCUT2D eigenvalue weighted by atomic mass is 27.0. The Labute approximate surface area is 64.5 Å². The largest absolute Gasteiger partial charge is 0.460 e. The molecule has 0 spiro atoms. The minimum Gasteiger partial charge on any atom is -0.460 e. The molecule has 0 aliphatic carbocycles. The Balaban J connectivity index is 0. The lowest BCUT2D eigenvalue weighted by Crippen LogP contribution is -2.04. The summed E-state index contributed by atoms with van der Waals surface area (Å²) in [7, 11) is 0. The fourth-order valence-electron chi connectivity index (χ4n) is 0.205. The molecule has 0 atom stereocenters. The van der Waals surface area contributed by atoms with Crippen molar-refractivity contribution in [2.24, 2.45) is 0 Å². The summed E-state index contributed by atoms with van der Waals surface area (Å²) in [6.07, 6.45) is 1.05. The van der Waals surface area contributed by atoms with Crippen molar-refractivity contribution in [3.05, 3.63) is 12.7 Å². The van der Waals surface area contributed by atoms with Crippen LogP contribution in [0.15, 0.2) is 12.7 Å². The molecule has 0 heterocycles. The zero-order valence-corrected chi connectivity index (χ0v) is 4.46. The molecule has 0 unspecified atom stereocenters. The molecule has 0 saturated carbocycles. The molecule has 0 aliphatic heterocycles. The molecule has 0 aromatic carbocycles. The lowest BCUT2D eigenvalue weighted by molar-refractivity contribution is -0.138. The number of hydrogen-bond acceptors (Lipinski definition) is 3. The van der Waals surface area contributed by atoms with Gasteiger partial charge in [-0.1, -0.05) is 6.58 Å². The standard InChI is InChI=1S/C5H8O3.Al.3H/c1-2-5(7)8-4-3-6;;;;/h2,6H,1,3-4H2;;;;. The van der Waals surface area contributed by atoms with E-state index in [4.69, 9.17) is 5.11 Å². The van der Waals surface area contributed by atoms with E-state index in [9.17, 15) is 4.79 Å². The van der Waals surface area contributed by atoms with Crippen molar-refractivity contribution in [2.45, 2.75) is 0 Å². The number of rotatable bonds is 3. The van der Waals surface area contributed by atoms with E-state index in [0.29, 0.717) is 0 Å². The molecule has 0 rings (SSSR count). The molecular weight excluding hydrogens is 135 g/mol. The smallest absolute Gasteiger partial charge is 0.330 e. The van der Waals surface area contributed by atoms with Gasteiger partial charge in [-0.15, -0.1) is 0 Å². The minimum atomic E-state index is -0.501. The molecule has 9 heavy (non-hydrogen) atoms. The highest BCUT2D eigenvalue weighted by Crippen LogP contribution is 1.75. The Morgan fingerprint density at radius 1 is 1.78 bits per heavy atom. The Morgan fingerprint density at radius 2 is 2.33 bits per heavy atom. The monoisotopic (exact) mass is 146 g/mol. The van der Waals surface area contributed by atoms with Crippen molar-refractivity contribution in [2.75, 3.05) is 13.2 Å². The van der Waals surface area contributed by atoms with Crippen LogP contribution in [0.4, 0.5) is 0 Å². The van der Waals surface area contributed by atoms with Gasteiger partial charge >= 0.3 is 5.97 Å². The van der Waals surface area contributed by atoms with Crippen LogP contribution in [0, 0.1) is 0 Å². The van der Waals surface area contributed by atoms with Gasteiger partial charge < -0.3 is 9.84 Å². The summed E-state index contributed by atoms with van der Waals surface area (Å²) in [5.41, 5.74) is 0. The second-order valence-corrected chi connectivity index (χ2v) is 1.10. The van der Waals surface area contributed by atoms with Gasteiger partial charge in [0, 0.05) is 6.08 Å². The average molecular weight is 146 g/mol. The van der Waals surface area contributed by atoms with Gasteiger partial charge in [0.25, 0.3) is 0 Å². The Bertz CT molecular complexity index is 92.2. The number of aliphatic hydroxyl groups is 1. The summed E-state index contributed by atoms with van der Waals surface area (Å²) in [6, 6.07) is 0. The SMILES string of the molecule is C=CC(=O)OCCO.[AlH3]. The van der Waals surface area contributed by atoms with Crippen LogP contribution in [-0.4, -0.2) is 41.7 Å². The Morgan fingerprint density at radius 3 is 2.67 bits per heavy atom. The summed E-state index contributed by atoms with van der Waals surface area (Å²) in [4.78, 5) is 10.1. The van der Waals surface area contributed by atoms with E-state index in [-0.39, 0.29) is 30.6 Å². The van der Waals surface area contributed by atoms with Crippen molar-refractivity contribution in [1.82, 2.24) is 0 Å². The normalized spacial score (nSPS) is 7.22. The fourth-order valence-corrected chi connectivity index (χ4v) is 0.205. The second-order valence-electron chi connectivity index (χ2n) is 1.10. The van der Waals surface area contributed by atoms with Crippen molar-refractivity contribution in [3.63, 3.8) is 0 Å². The summed E-state index contributed by atoms with van der Waals surface area (Å²) in [6.45, 7) is 3.06. The molecule has 0 amide bonds. The van der Waals surface area contributed by atoms with Crippen molar-refractivity contribution in [3.8, 4) is 0 Å². The quantitative estimate of drug-likeness (QED) is 0.300. The van der Waals surface area contributed by atoms with E-state index >= 15 is 0 Å². The van der Waals surface area contributed by atoms with E-state index in [1.807, 2.05) is 0 Å². The third kappa shape index (κ3) is 7.70. The topological polar surface area (TPSA) is 46.5 Å². The fraction of sp³-hybridized carbons (Fsp3) is 0.400. The number of esters is 1. The molecule has 0 bridgehead atoms. The zero-order chi connectivity index (χ0) is 6.41. The Hall–Kier alpha value is -0.298. The van der Waals surface area contributed by atoms with Crippen LogP contribution in [0.25, 0.3) is 0 Å². The molecule has 0 aromatic heterocycles. The first-order valence-electron chi connectivity index (χ1n) is 2.21. The van der Waals surface area contributed by atoms with Gasteiger partial charge in [-0.05, 0) is 0 Å². The predicted molar refractivity (Wildman–Crippen MR) is 38.2 cm³/mol. The number of aliphatic hydroxyl groups excluding tert-OH is 1. The maximum absolute atomic E-state index is 10.1. The zero-order valence-electron chi connectivity index (χ0n) is 4.46. The van der Waals surface area contributed by atoms with E-state index in [2.05, 4.69) is 11.3 Å². The second kappa shape index (κ2) is 7.70. The maximum atomic E-state index is 10.1. The highest BCUT2D eigenvalue weighted by Gasteiger charge is 1.90. The lowest BCUT2D eigenvalue weighted by atomic mass is 10.6. The molecule has 1 N–H and O–H groups in total. The van der Waals surface area contributed by atoms with Gasteiger partial charge in [-0.2, -0.15) is 0 Å². The van der Waals surface area contributed by atoms with Gasteiger partial charge in [0.2, 0.25) is 0 Å². The van der Waals surface area contributed by atoms with Gasteiger partial charge in [0.1, 0.15) is 6.61 Å². The lowest BCUT2D eigenvalue weighted by Gasteiger charge is -1.94. The molecule has 4 heteroatoms. The first-order chi connectivity index (χ1) is 3.81. The highest BCUT2D eigenvalue weighted by molar-refractivity contribution is 5.81. The molecule has 0 radical (unpaired) electrons. The summed E-state index contributed by atoms with van der Waals surface area (Å²) >= 11 is 0. The van der Waals surface area contributed by atoms with Crippen LogP contribution >= 0.6 is 0 Å². The predicted octanol–water partition coefficient (Wildman–Crippen LogP) is -1.48. The van der Waals surface area contributed by atoms with E-state index in [1.165, 1.54) is 0 Å². The van der Waals surface area contributed by atoms with Gasteiger partial charge in [0.15, 0.2) is 17.4 Å². The van der Waals surface area contributed by atoms with Crippen LogP contribution in [0.5, 0.6) is 0 Å². The van der Waals surface area contributed by atoms with E-state index in [1.54, 1.807) is 0 Å². The van der Waals surface area contributed by atoms with Gasteiger partial charge in [-0.25, -0.2) is 4.79 Å². The molecule has 52 valence electrons. The van der Waals surface area contributed by atoms with Crippen LogP contribution in [0.1, 0.15) is 0 Å². The van der Waals surface area contributed by atoms with Crippen LogP contribution in [-0.2, 0) is 9.53 Å². The third-order valence-corrected chi connectivity index (χ3v) is 0.502. The molecule has 0 aromatic rings. The van der Waals surface area contributed by atoms with Crippen molar-refractivity contribution in [1.29, 1.82) is 0 Å². The average Bonchev–Trinajstić information content (AvgIpc) is 1.83. The molecular formula is C5H11AlO3. The first kappa shape index (κ1) is 11.5. The van der Waals surface area contributed by atoms with Crippen LogP contribution < -0.4 is 0 Å². The maximum Gasteiger partial charge on any atom is 0.330 e. The summed E-state index contributed by atoms with van der Waals surface area (Å²) in [5.74, 6) is -0.501. The van der Waals surface area contributed by atoms with Crippen molar-refractivity contribution >= 4 is 23.3 Å². The number of carbonyl (C=O) groups is 1. The third-order valence-electron chi connectivity index (χ3n) is 0.502. The Kier molecular flexibility index (Phi) is 9.84. The van der Waals surface area contributed by atoms with E-state index < -0.39 is 5.97 Å². The molecule has 3 nitrogen and oxygen atoms in total. The number of hydrogen-bond donors (Lipinski definition) is 1. The molecule has 0 fully saturated rings. The summed E-state index contributed by atoms with van der Waals surface area (Å²) < 4.78 is 4.33. The van der Waals surface area contributed by atoms with Crippen molar-refractivity contribution < 1.29 is 14.6 Å². The molecule has 0 saturated heterocycles. The van der Waals surface area contributed by atoms with Crippen LogP contribution in [0.2, 0.25) is 0 Å². The molecule has 0 aliphatic rings.